The van der Waals surface area contributed by atoms with Crippen LogP contribution in [0.4, 0.5) is 0 Å². The Labute approximate surface area is 133 Å². The molecule has 1 aromatic carbocycles. The number of hydrogen-bond acceptors (Lipinski definition) is 3. The molecule has 2 rings (SSSR count). The van der Waals surface area contributed by atoms with Gasteiger partial charge in [-0.05, 0) is 37.5 Å². The van der Waals surface area contributed by atoms with E-state index in [1.165, 1.54) is 16.7 Å². The molecular weight excluding hydrogens is 310 g/mol. The summed E-state index contributed by atoms with van der Waals surface area (Å²) in [5.74, 6) is -0.0149. The molecule has 4 nitrogen and oxygen atoms in total. The third-order valence-electron chi connectivity index (χ3n) is 3.81. The lowest BCUT2D eigenvalue weighted by Crippen LogP contribution is -2.51. The van der Waals surface area contributed by atoms with E-state index in [9.17, 15) is 14.7 Å². The maximum Gasteiger partial charge on any atom is 0.329 e. The Balaban J connectivity index is 1.87. The van der Waals surface area contributed by atoms with E-state index < -0.39 is 11.5 Å². The van der Waals surface area contributed by atoms with Crippen molar-refractivity contribution in [3.8, 4) is 0 Å². The predicted octanol–water partition coefficient (Wildman–Crippen LogP) is 3.04. The van der Waals surface area contributed by atoms with Crippen LogP contribution in [0.15, 0.2) is 24.3 Å². The van der Waals surface area contributed by atoms with Gasteiger partial charge >= 0.3 is 5.97 Å². The van der Waals surface area contributed by atoms with E-state index in [0.29, 0.717) is 29.5 Å². The molecule has 1 N–H and O–H groups in total. The summed E-state index contributed by atoms with van der Waals surface area (Å²) in [5, 5.41) is 10.00. The molecule has 0 aromatic heterocycles. The quantitative estimate of drug-likeness (QED) is 0.903. The molecular formula is C15H18ClNO3S. The molecule has 21 heavy (non-hydrogen) atoms. The van der Waals surface area contributed by atoms with Crippen LogP contribution in [0.1, 0.15) is 25.3 Å². The molecule has 0 bridgehead atoms. The fourth-order valence-electron chi connectivity index (χ4n) is 2.50. The minimum absolute atomic E-state index is 0.101. The first-order valence-electron chi connectivity index (χ1n) is 6.79. The van der Waals surface area contributed by atoms with E-state index in [1.54, 1.807) is 6.92 Å². The monoisotopic (exact) mass is 327 g/mol. The average Bonchev–Trinajstić information content (AvgIpc) is 2.84. The number of hydrogen-bond donors (Lipinski definition) is 1. The minimum Gasteiger partial charge on any atom is -0.480 e. The molecule has 1 saturated heterocycles. The Hall–Kier alpha value is -1.20. The second-order valence-electron chi connectivity index (χ2n) is 5.35. The van der Waals surface area contributed by atoms with Crippen LogP contribution >= 0.6 is 23.4 Å². The number of carboxylic acid groups (broad SMARTS) is 1. The molecule has 0 spiro atoms. The lowest BCUT2D eigenvalue weighted by atomic mass is 9.99. The predicted molar refractivity (Wildman–Crippen MR) is 84.6 cm³/mol. The van der Waals surface area contributed by atoms with Crippen LogP contribution in [-0.4, -0.2) is 39.7 Å². The standard InChI is InChI=1S/C15H18ClNO3S/c1-15(14(19)20)7-2-8-17(15)13(18)10-21-9-11-3-5-12(16)6-4-11/h3-6H,2,7-10H2,1H3,(H,19,20). The van der Waals surface area contributed by atoms with Gasteiger partial charge in [0.25, 0.3) is 0 Å². The summed E-state index contributed by atoms with van der Waals surface area (Å²) in [6, 6.07) is 7.50. The molecule has 1 atom stereocenters. The average molecular weight is 328 g/mol. The zero-order valence-corrected chi connectivity index (χ0v) is 13.4. The van der Waals surface area contributed by atoms with Crippen LogP contribution in [0.25, 0.3) is 0 Å². The van der Waals surface area contributed by atoms with Crippen molar-refractivity contribution in [3.63, 3.8) is 0 Å². The van der Waals surface area contributed by atoms with Crippen LogP contribution < -0.4 is 0 Å². The van der Waals surface area contributed by atoms with E-state index in [4.69, 9.17) is 11.6 Å². The normalized spacial score (nSPS) is 21.5. The molecule has 1 heterocycles. The lowest BCUT2D eigenvalue weighted by Gasteiger charge is -2.31. The Morgan fingerprint density at radius 1 is 1.38 bits per heavy atom. The van der Waals surface area contributed by atoms with Gasteiger partial charge in [0.05, 0.1) is 5.75 Å². The molecule has 1 aromatic rings. The van der Waals surface area contributed by atoms with E-state index >= 15 is 0 Å². The summed E-state index contributed by atoms with van der Waals surface area (Å²) < 4.78 is 0. The summed E-state index contributed by atoms with van der Waals surface area (Å²) in [5.41, 5.74) is 0.0531. The first-order valence-corrected chi connectivity index (χ1v) is 8.33. The van der Waals surface area contributed by atoms with Crippen molar-refractivity contribution in [2.75, 3.05) is 12.3 Å². The Morgan fingerprint density at radius 3 is 2.67 bits per heavy atom. The highest BCUT2D eigenvalue weighted by Crippen LogP contribution is 2.30. The second-order valence-corrected chi connectivity index (χ2v) is 6.77. The van der Waals surface area contributed by atoms with Crippen molar-refractivity contribution in [3.05, 3.63) is 34.9 Å². The number of carbonyl (C=O) groups excluding carboxylic acids is 1. The molecule has 1 amide bonds. The molecule has 0 radical (unpaired) electrons. The Bertz CT molecular complexity index is 534. The molecule has 1 unspecified atom stereocenters. The molecule has 114 valence electrons. The van der Waals surface area contributed by atoms with Crippen LogP contribution in [-0.2, 0) is 15.3 Å². The van der Waals surface area contributed by atoms with Gasteiger partial charge in [0.1, 0.15) is 5.54 Å². The van der Waals surface area contributed by atoms with Gasteiger partial charge in [0.2, 0.25) is 5.91 Å². The van der Waals surface area contributed by atoms with Crippen molar-refractivity contribution in [2.45, 2.75) is 31.1 Å². The summed E-state index contributed by atoms with van der Waals surface area (Å²) >= 11 is 7.31. The third kappa shape index (κ3) is 3.71. The van der Waals surface area contributed by atoms with Crippen molar-refractivity contribution in [1.29, 1.82) is 0 Å². The highest BCUT2D eigenvalue weighted by Gasteiger charge is 2.45. The maximum absolute atomic E-state index is 12.2. The van der Waals surface area contributed by atoms with Gasteiger partial charge in [0.15, 0.2) is 0 Å². The Morgan fingerprint density at radius 2 is 2.05 bits per heavy atom. The van der Waals surface area contributed by atoms with Crippen molar-refractivity contribution >= 4 is 35.2 Å². The largest absolute Gasteiger partial charge is 0.480 e. The Kier molecular flexibility index (Phi) is 5.17. The number of likely N-dealkylation sites (tertiary alicyclic amines) is 1. The maximum atomic E-state index is 12.2. The topological polar surface area (TPSA) is 57.6 Å². The van der Waals surface area contributed by atoms with Crippen LogP contribution in [0.5, 0.6) is 0 Å². The molecule has 1 fully saturated rings. The smallest absolute Gasteiger partial charge is 0.329 e. The third-order valence-corrected chi connectivity index (χ3v) is 5.05. The summed E-state index contributed by atoms with van der Waals surface area (Å²) in [6.07, 6.45) is 1.27. The number of rotatable bonds is 5. The van der Waals surface area contributed by atoms with Gasteiger partial charge in [-0.25, -0.2) is 4.79 Å². The number of thioether (sulfide) groups is 1. The number of aliphatic carboxylic acids is 1. The van der Waals surface area contributed by atoms with Crippen LogP contribution in [0, 0.1) is 0 Å². The number of halogens is 1. The van der Waals surface area contributed by atoms with Gasteiger partial charge in [-0.3, -0.25) is 4.79 Å². The fraction of sp³-hybridized carbons (Fsp3) is 0.467. The molecule has 6 heteroatoms. The van der Waals surface area contributed by atoms with E-state index in [-0.39, 0.29) is 5.91 Å². The highest BCUT2D eigenvalue weighted by molar-refractivity contribution is 7.99. The zero-order valence-electron chi connectivity index (χ0n) is 11.8. The van der Waals surface area contributed by atoms with Gasteiger partial charge in [-0.1, -0.05) is 23.7 Å². The number of carbonyl (C=O) groups is 2. The second kappa shape index (κ2) is 6.71. The van der Waals surface area contributed by atoms with Gasteiger partial charge in [0, 0.05) is 17.3 Å². The first-order chi connectivity index (χ1) is 9.93. The number of carboxylic acids is 1. The lowest BCUT2D eigenvalue weighted by molar-refractivity contribution is -0.154. The van der Waals surface area contributed by atoms with Crippen LogP contribution in [0.3, 0.4) is 0 Å². The van der Waals surface area contributed by atoms with Crippen molar-refractivity contribution < 1.29 is 14.7 Å². The van der Waals surface area contributed by atoms with Gasteiger partial charge < -0.3 is 10.0 Å². The van der Waals surface area contributed by atoms with Crippen LogP contribution in [0.2, 0.25) is 5.02 Å². The van der Waals surface area contributed by atoms with E-state index in [0.717, 1.165) is 12.0 Å². The number of amides is 1. The van der Waals surface area contributed by atoms with E-state index in [1.807, 2.05) is 24.3 Å². The fourth-order valence-corrected chi connectivity index (χ4v) is 3.49. The number of benzene rings is 1. The van der Waals surface area contributed by atoms with Gasteiger partial charge in [-0.2, -0.15) is 0 Å². The SMILES string of the molecule is CC1(C(=O)O)CCCN1C(=O)CSCc1ccc(Cl)cc1. The van der Waals surface area contributed by atoms with Crippen molar-refractivity contribution in [1.82, 2.24) is 4.90 Å². The van der Waals surface area contributed by atoms with Crippen molar-refractivity contribution in [2.24, 2.45) is 0 Å². The first kappa shape index (κ1) is 16.2. The minimum atomic E-state index is -1.04. The molecule has 1 aliphatic rings. The van der Waals surface area contributed by atoms with Gasteiger partial charge in [-0.15, -0.1) is 11.8 Å². The summed E-state index contributed by atoms with van der Waals surface area (Å²) in [6.45, 7) is 2.16. The highest BCUT2D eigenvalue weighted by atomic mass is 35.5. The number of nitrogens with zero attached hydrogens (tertiary/aromatic N) is 1. The summed E-state index contributed by atoms with van der Waals surface area (Å²) in [4.78, 5) is 25.1. The summed E-state index contributed by atoms with van der Waals surface area (Å²) in [7, 11) is 0. The zero-order chi connectivity index (χ0) is 15.5. The van der Waals surface area contributed by atoms with E-state index in [2.05, 4.69) is 0 Å². The molecule has 1 aliphatic heterocycles. The molecule has 0 saturated carbocycles. The molecule has 0 aliphatic carbocycles.